The van der Waals surface area contributed by atoms with Crippen LogP contribution in [0, 0.1) is 22.7 Å². The van der Waals surface area contributed by atoms with Gasteiger partial charge in [-0.15, -0.1) is 0 Å². The molecule has 0 radical (unpaired) electrons. The van der Waals surface area contributed by atoms with Crippen molar-refractivity contribution in [2.75, 3.05) is 0 Å². The molecule has 3 aromatic heterocycles. The van der Waals surface area contributed by atoms with Gasteiger partial charge in [0.05, 0.1) is 55.7 Å². The number of aromatic nitrogens is 2. The number of benzene rings is 8. The summed E-state index contributed by atoms with van der Waals surface area (Å²) < 4.78 is 11.4. The Morgan fingerprint density at radius 2 is 1.07 bits per heavy atom. The van der Waals surface area contributed by atoms with E-state index in [1.165, 1.54) is 0 Å². The maximum absolute atomic E-state index is 11.0. The third kappa shape index (κ3) is 4.39. The third-order valence-corrected chi connectivity index (χ3v) is 11.0. The zero-order valence-electron chi connectivity index (χ0n) is 29.4. The molecule has 8 aromatic carbocycles. The average Bonchev–Trinajstić information content (AvgIpc) is 3.92. The summed E-state index contributed by atoms with van der Waals surface area (Å²) in [5.41, 5.74) is 12.6. The molecule has 0 aliphatic rings. The van der Waals surface area contributed by atoms with Crippen molar-refractivity contribution >= 4 is 65.6 Å². The van der Waals surface area contributed by atoms with Gasteiger partial charge in [-0.3, -0.25) is 0 Å². The summed E-state index contributed by atoms with van der Waals surface area (Å²) in [5, 5.41) is 27.1. The largest absolute Gasteiger partial charge is 0.455 e. The lowest BCUT2D eigenvalue weighted by Crippen LogP contribution is -1.99. The van der Waals surface area contributed by atoms with Crippen molar-refractivity contribution in [3.05, 3.63) is 181 Å². The summed E-state index contributed by atoms with van der Waals surface area (Å²) >= 11 is 0. The smallest absolute Gasteiger partial charge is 0.147 e. The monoisotopic (exact) mass is 700 g/mol. The molecular formula is C50H28N4O. The minimum absolute atomic E-state index is 0.561. The molecule has 254 valence electrons. The van der Waals surface area contributed by atoms with Crippen LogP contribution < -0.4 is 0 Å². The lowest BCUT2D eigenvalue weighted by Gasteiger charge is -2.15. The fourth-order valence-corrected chi connectivity index (χ4v) is 8.70. The number of para-hydroxylation sites is 3. The highest BCUT2D eigenvalue weighted by molar-refractivity contribution is 6.39. The molecule has 0 aliphatic carbocycles. The molecular weight excluding hydrogens is 673 g/mol. The summed E-state index contributed by atoms with van der Waals surface area (Å²) in [6.45, 7) is 0. The second-order valence-corrected chi connectivity index (χ2v) is 13.9. The van der Waals surface area contributed by atoms with Crippen LogP contribution in [0.4, 0.5) is 0 Å². The second-order valence-electron chi connectivity index (χ2n) is 13.9. The number of furan rings is 1. The molecule has 0 fully saturated rings. The van der Waals surface area contributed by atoms with Crippen molar-refractivity contribution in [3.8, 4) is 45.8 Å². The molecule has 11 rings (SSSR count). The molecule has 0 bridgehead atoms. The standard InChI is InChI=1S/C50H28N4O/c51-29-31-13-12-16-35(27-31)53-42-22-9-6-19-38(42)45-48(53)47-40-21-8-11-24-44(40)55-50(47)46-39-20-7-10-23-43(39)54(49(45)46)41-26-25-33(28-34(41)30-52)37-18-5-4-17-36(37)32-14-2-1-3-15-32/h1-28H. The van der Waals surface area contributed by atoms with Crippen LogP contribution in [-0.2, 0) is 0 Å². The normalized spacial score (nSPS) is 11.6. The Balaban J connectivity index is 1.32. The van der Waals surface area contributed by atoms with Crippen molar-refractivity contribution in [3.63, 3.8) is 0 Å². The van der Waals surface area contributed by atoms with E-state index in [1.807, 2.05) is 48.5 Å². The number of nitriles is 2. The molecule has 3 heterocycles. The molecule has 0 unspecified atom stereocenters. The first kappa shape index (κ1) is 30.7. The van der Waals surface area contributed by atoms with E-state index in [0.29, 0.717) is 11.1 Å². The average molecular weight is 701 g/mol. The minimum atomic E-state index is 0.561. The first-order valence-electron chi connectivity index (χ1n) is 18.2. The molecule has 0 aliphatic heterocycles. The predicted octanol–water partition coefficient (Wildman–Crippen LogP) is 12.9. The van der Waals surface area contributed by atoms with Crippen molar-refractivity contribution in [2.45, 2.75) is 0 Å². The van der Waals surface area contributed by atoms with Gasteiger partial charge in [-0.1, -0.05) is 121 Å². The maximum atomic E-state index is 11.0. The summed E-state index contributed by atoms with van der Waals surface area (Å²) in [6.07, 6.45) is 0. The highest BCUT2D eigenvalue weighted by atomic mass is 16.3. The molecule has 0 saturated heterocycles. The fraction of sp³-hybridized carbons (Fsp3) is 0. The van der Waals surface area contributed by atoms with Crippen LogP contribution in [0.15, 0.2) is 174 Å². The van der Waals surface area contributed by atoms with Crippen molar-refractivity contribution in [1.82, 2.24) is 9.13 Å². The Kier molecular flexibility index (Phi) is 6.61. The molecule has 11 aromatic rings. The number of rotatable bonds is 4. The zero-order chi connectivity index (χ0) is 36.6. The van der Waals surface area contributed by atoms with E-state index in [4.69, 9.17) is 4.42 Å². The van der Waals surface area contributed by atoms with E-state index in [9.17, 15) is 10.5 Å². The van der Waals surface area contributed by atoms with Crippen LogP contribution in [-0.4, -0.2) is 9.13 Å². The maximum Gasteiger partial charge on any atom is 0.147 e. The molecule has 0 atom stereocenters. The van der Waals surface area contributed by atoms with Gasteiger partial charge in [0.2, 0.25) is 0 Å². The van der Waals surface area contributed by atoms with E-state index in [2.05, 4.69) is 143 Å². The summed E-state index contributed by atoms with van der Waals surface area (Å²) in [6, 6.07) is 62.7. The number of fused-ring (bicyclic) bond motifs is 12. The van der Waals surface area contributed by atoms with Gasteiger partial charge >= 0.3 is 0 Å². The highest BCUT2D eigenvalue weighted by Gasteiger charge is 2.28. The number of hydrogen-bond acceptors (Lipinski definition) is 3. The number of nitrogens with zero attached hydrogens (tertiary/aromatic N) is 4. The molecule has 0 saturated carbocycles. The van der Waals surface area contributed by atoms with Gasteiger partial charge < -0.3 is 13.6 Å². The topological polar surface area (TPSA) is 70.6 Å². The third-order valence-electron chi connectivity index (χ3n) is 11.0. The van der Waals surface area contributed by atoms with Gasteiger partial charge in [0, 0.05) is 27.2 Å². The predicted molar refractivity (Wildman–Crippen MR) is 223 cm³/mol. The fourth-order valence-electron chi connectivity index (χ4n) is 8.70. The van der Waals surface area contributed by atoms with Gasteiger partial charge in [-0.2, -0.15) is 10.5 Å². The SMILES string of the molecule is N#Cc1cccc(-n2c3ccccc3c3c4c(c5ccccc5n4-c4ccc(-c5ccccc5-c5ccccc5)cc4C#N)c4oc5ccccc5c4c32)c1. The van der Waals surface area contributed by atoms with E-state index < -0.39 is 0 Å². The Morgan fingerprint density at radius 3 is 1.84 bits per heavy atom. The summed E-state index contributed by atoms with van der Waals surface area (Å²) in [4.78, 5) is 0. The van der Waals surface area contributed by atoms with E-state index in [0.717, 1.165) is 99.2 Å². The molecule has 5 heteroatoms. The Morgan fingerprint density at radius 1 is 0.455 bits per heavy atom. The molecule has 55 heavy (non-hydrogen) atoms. The van der Waals surface area contributed by atoms with Crippen molar-refractivity contribution in [1.29, 1.82) is 10.5 Å². The highest BCUT2D eigenvalue weighted by Crippen LogP contribution is 2.49. The van der Waals surface area contributed by atoms with Crippen LogP contribution in [0.3, 0.4) is 0 Å². The van der Waals surface area contributed by atoms with Crippen molar-refractivity contribution in [2.24, 2.45) is 0 Å². The van der Waals surface area contributed by atoms with Crippen molar-refractivity contribution < 1.29 is 4.42 Å². The Bertz CT molecular complexity index is 3460. The van der Waals surface area contributed by atoms with Gasteiger partial charge in [-0.25, -0.2) is 0 Å². The van der Waals surface area contributed by atoms with Gasteiger partial charge in [0.25, 0.3) is 0 Å². The summed E-state index contributed by atoms with van der Waals surface area (Å²) in [5.74, 6) is 0. The minimum Gasteiger partial charge on any atom is -0.455 e. The quantitative estimate of drug-likeness (QED) is 0.183. The molecule has 0 amide bonds. The van der Waals surface area contributed by atoms with Crippen LogP contribution >= 0.6 is 0 Å². The first-order chi connectivity index (χ1) is 27.2. The molecule has 0 spiro atoms. The zero-order valence-corrected chi connectivity index (χ0v) is 29.4. The van der Waals surface area contributed by atoms with E-state index >= 15 is 0 Å². The van der Waals surface area contributed by atoms with E-state index in [-0.39, 0.29) is 0 Å². The van der Waals surface area contributed by atoms with Gasteiger partial charge in [-0.05, 0) is 70.8 Å². The lowest BCUT2D eigenvalue weighted by atomic mass is 9.93. The van der Waals surface area contributed by atoms with Gasteiger partial charge in [0.1, 0.15) is 17.2 Å². The van der Waals surface area contributed by atoms with Gasteiger partial charge in [0.15, 0.2) is 0 Å². The summed E-state index contributed by atoms with van der Waals surface area (Å²) in [7, 11) is 0. The lowest BCUT2D eigenvalue weighted by molar-refractivity contribution is 0.673. The Hall–Kier alpha value is -7.86. The Labute approximate surface area is 315 Å². The molecule has 5 nitrogen and oxygen atoms in total. The van der Waals surface area contributed by atoms with Crippen LogP contribution in [0.25, 0.3) is 99.2 Å². The first-order valence-corrected chi connectivity index (χ1v) is 18.2. The van der Waals surface area contributed by atoms with E-state index in [1.54, 1.807) is 0 Å². The number of hydrogen-bond donors (Lipinski definition) is 0. The molecule has 0 N–H and O–H groups in total. The van der Waals surface area contributed by atoms with Crippen LogP contribution in [0.5, 0.6) is 0 Å². The van der Waals surface area contributed by atoms with Crippen LogP contribution in [0.1, 0.15) is 11.1 Å². The second kappa shape index (κ2) is 11.8. The van der Waals surface area contributed by atoms with Crippen LogP contribution in [0.2, 0.25) is 0 Å².